The van der Waals surface area contributed by atoms with Gasteiger partial charge >= 0.3 is 5.97 Å². The number of rotatable bonds is 4. The van der Waals surface area contributed by atoms with Gasteiger partial charge in [-0.1, -0.05) is 12.1 Å². The van der Waals surface area contributed by atoms with Crippen molar-refractivity contribution in [3.05, 3.63) is 42.2 Å². The van der Waals surface area contributed by atoms with Gasteiger partial charge in [0.05, 0.1) is 18.7 Å². The molecule has 2 heterocycles. The van der Waals surface area contributed by atoms with Crippen LogP contribution in [0.2, 0.25) is 0 Å². The minimum Gasteiger partial charge on any atom is -0.494 e. The van der Waals surface area contributed by atoms with E-state index in [2.05, 4.69) is 5.10 Å². The van der Waals surface area contributed by atoms with E-state index in [9.17, 15) is 9.90 Å². The zero-order valence-electron chi connectivity index (χ0n) is 11.6. The van der Waals surface area contributed by atoms with E-state index in [1.54, 1.807) is 24.1 Å². The van der Waals surface area contributed by atoms with Gasteiger partial charge in [-0.15, -0.1) is 0 Å². The molecule has 3 rings (SSSR count). The molecular formula is C15H16N2O4. The molecule has 0 amide bonds. The molecule has 21 heavy (non-hydrogen) atoms. The lowest BCUT2D eigenvalue weighted by atomic mass is 9.99. The van der Waals surface area contributed by atoms with Crippen LogP contribution in [0.15, 0.2) is 36.5 Å². The smallest absolute Gasteiger partial charge is 0.309 e. The lowest BCUT2D eigenvalue weighted by Gasteiger charge is -2.18. The highest BCUT2D eigenvalue weighted by Gasteiger charge is 2.37. The molecular weight excluding hydrogens is 272 g/mol. The number of hydrogen-bond acceptors (Lipinski definition) is 4. The minimum atomic E-state index is -0.842. The van der Waals surface area contributed by atoms with E-state index in [0.29, 0.717) is 18.8 Å². The van der Waals surface area contributed by atoms with Crippen LogP contribution in [0.3, 0.4) is 0 Å². The first-order chi connectivity index (χ1) is 10.2. The Bertz CT molecular complexity index is 653. The summed E-state index contributed by atoms with van der Waals surface area (Å²) in [5, 5.41) is 13.6. The minimum absolute atomic E-state index is 0.443. The number of benzene rings is 1. The van der Waals surface area contributed by atoms with Gasteiger partial charge in [-0.05, 0) is 24.6 Å². The van der Waals surface area contributed by atoms with Crippen molar-refractivity contribution in [2.24, 2.45) is 5.92 Å². The third-order valence-electron chi connectivity index (χ3n) is 3.69. The average molecular weight is 288 g/mol. The first-order valence-corrected chi connectivity index (χ1v) is 6.74. The molecule has 1 aromatic heterocycles. The van der Waals surface area contributed by atoms with Crippen LogP contribution < -0.4 is 4.74 Å². The lowest BCUT2D eigenvalue weighted by molar-refractivity contribution is -0.143. The van der Waals surface area contributed by atoms with E-state index in [1.165, 1.54) is 0 Å². The topological polar surface area (TPSA) is 73.6 Å². The highest BCUT2D eigenvalue weighted by atomic mass is 16.5. The van der Waals surface area contributed by atoms with Crippen LogP contribution in [0.5, 0.6) is 5.75 Å². The van der Waals surface area contributed by atoms with E-state index >= 15 is 0 Å². The number of carbonyl (C=O) groups is 1. The average Bonchev–Trinajstić information content (AvgIpc) is 3.15. The molecule has 0 unspecified atom stereocenters. The number of aromatic nitrogens is 2. The zero-order chi connectivity index (χ0) is 14.8. The molecule has 0 radical (unpaired) electrons. The van der Waals surface area contributed by atoms with Crippen molar-refractivity contribution in [2.75, 3.05) is 13.7 Å². The molecule has 1 aromatic carbocycles. The van der Waals surface area contributed by atoms with Crippen molar-refractivity contribution in [2.45, 2.75) is 12.5 Å². The fraction of sp³-hybridized carbons (Fsp3) is 0.333. The van der Waals surface area contributed by atoms with Crippen LogP contribution >= 0.6 is 0 Å². The Morgan fingerprint density at radius 3 is 3.00 bits per heavy atom. The summed E-state index contributed by atoms with van der Waals surface area (Å²) >= 11 is 0. The second kappa shape index (κ2) is 5.57. The van der Waals surface area contributed by atoms with E-state index < -0.39 is 18.0 Å². The van der Waals surface area contributed by atoms with Gasteiger partial charge in [0.2, 0.25) is 0 Å². The van der Waals surface area contributed by atoms with Crippen molar-refractivity contribution < 1.29 is 19.4 Å². The Labute approximate surface area is 121 Å². The van der Waals surface area contributed by atoms with Crippen LogP contribution in [0.4, 0.5) is 0 Å². The molecule has 6 heteroatoms. The number of carboxylic acids is 1. The van der Waals surface area contributed by atoms with E-state index in [4.69, 9.17) is 9.47 Å². The summed E-state index contributed by atoms with van der Waals surface area (Å²) in [6.45, 7) is 0.443. The second-order valence-electron chi connectivity index (χ2n) is 4.86. The van der Waals surface area contributed by atoms with Crippen molar-refractivity contribution >= 4 is 5.97 Å². The molecule has 6 nitrogen and oxygen atoms in total. The van der Waals surface area contributed by atoms with E-state index in [1.807, 2.05) is 24.3 Å². The summed E-state index contributed by atoms with van der Waals surface area (Å²) in [6, 6.07) is 9.26. The second-order valence-corrected chi connectivity index (χ2v) is 4.86. The summed E-state index contributed by atoms with van der Waals surface area (Å²) in [4.78, 5) is 11.3. The SMILES string of the molecule is COc1ccccc1-n1nccc1[C@H]1OCC[C@@H]1C(=O)O. The van der Waals surface area contributed by atoms with Gasteiger partial charge in [-0.3, -0.25) is 4.79 Å². The van der Waals surface area contributed by atoms with Gasteiger partial charge < -0.3 is 14.6 Å². The van der Waals surface area contributed by atoms with Gasteiger partial charge in [0.1, 0.15) is 17.5 Å². The van der Waals surface area contributed by atoms with Gasteiger partial charge in [0.25, 0.3) is 0 Å². The predicted octanol–water partition coefficient (Wildman–Crippen LogP) is 2.04. The number of hydrogen-bond donors (Lipinski definition) is 1. The van der Waals surface area contributed by atoms with E-state index in [-0.39, 0.29) is 0 Å². The Balaban J connectivity index is 2.03. The molecule has 0 aliphatic carbocycles. The maximum absolute atomic E-state index is 11.3. The Kier molecular flexibility index (Phi) is 3.62. The van der Waals surface area contributed by atoms with Crippen molar-refractivity contribution in [3.63, 3.8) is 0 Å². The van der Waals surface area contributed by atoms with Crippen molar-refractivity contribution in [1.29, 1.82) is 0 Å². The Morgan fingerprint density at radius 1 is 1.43 bits per heavy atom. The molecule has 0 bridgehead atoms. The van der Waals surface area contributed by atoms with Crippen LogP contribution in [-0.2, 0) is 9.53 Å². The summed E-state index contributed by atoms with van der Waals surface area (Å²) in [7, 11) is 1.59. The van der Waals surface area contributed by atoms with Gasteiger partial charge in [0, 0.05) is 12.8 Å². The van der Waals surface area contributed by atoms with Crippen molar-refractivity contribution in [3.8, 4) is 11.4 Å². The Morgan fingerprint density at radius 2 is 2.24 bits per heavy atom. The molecule has 1 aliphatic heterocycles. The first kappa shape index (κ1) is 13.6. The number of carboxylic acid groups (broad SMARTS) is 1. The maximum Gasteiger partial charge on any atom is 0.309 e. The van der Waals surface area contributed by atoms with Crippen LogP contribution in [0, 0.1) is 5.92 Å². The number of methoxy groups -OCH3 is 1. The third kappa shape index (κ3) is 2.38. The fourth-order valence-electron chi connectivity index (χ4n) is 2.67. The monoisotopic (exact) mass is 288 g/mol. The fourth-order valence-corrected chi connectivity index (χ4v) is 2.67. The van der Waals surface area contributed by atoms with Crippen LogP contribution in [0.25, 0.3) is 5.69 Å². The molecule has 1 fully saturated rings. The van der Waals surface area contributed by atoms with Gasteiger partial charge in [-0.25, -0.2) is 4.68 Å². The predicted molar refractivity (Wildman–Crippen MR) is 74.6 cm³/mol. The number of para-hydroxylation sites is 2. The molecule has 0 spiro atoms. The summed E-state index contributed by atoms with van der Waals surface area (Å²) in [5.74, 6) is -0.715. The molecule has 1 N–H and O–H groups in total. The molecule has 1 saturated heterocycles. The largest absolute Gasteiger partial charge is 0.494 e. The molecule has 2 atom stereocenters. The molecule has 0 saturated carbocycles. The Hall–Kier alpha value is -2.34. The number of ether oxygens (including phenoxy) is 2. The van der Waals surface area contributed by atoms with Crippen LogP contribution in [-0.4, -0.2) is 34.6 Å². The van der Waals surface area contributed by atoms with Gasteiger partial charge in [-0.2, -0.15) is 5.10 Å². The summed E-state index contributed by atoms with van der Waals surface area (Å²) in [5.41, 5.74) is 1.49. The summed E-state index contributed by atoms with van der Waals surface area (Å²) in [6.07, 6.45) is 1.66. The molecule has 2 aromatic rings. The third-order valence-corrected chi connectivity index (χ3v) is 3.69. The lowest BCUT2D eigenvalue weighted by Crippen LogP contribution is -2.20. The summed E-state index contributed by atoms with van der Waals surface area (Å²) < 4.78 is 12.7. The normalized spacial score (nSPS) is 21.4. The zero-order valence-corrected chi connectivity index (χ0v) is 11.6. The quantitative estimate of drug-likeness (QED) is 0.932. The van der Waals surface area contributed by atoms with Crippen LogP contribution in [0.1, 0.15) is 18.2 Å². The van der Waals surface area contributed by atoms with E-state index in [0.717, 1.165) is 11.4 Å². The van der Waals surface area contributed by atoms with Gasteiger partial charge in [0.15, 0.2) is 0 Å². The highest BCUT2D eigenvalue weighted by molar-refractivity contribution is 5.71. The maximum atomic E-state index is 11.3. The molecule has 1 aliphatic rings. The molecule has 110 valence electrons. The number of aliphatic carboxylic acids is 1. The number of nitrogens with zero attached hydrogens (tertiary/aromatic N) is 2. The standard InChI is InChI=1S/C15H16N2O4/c1-20-13-5-3-2-4-11(13)17-12(6-8-16-17)14-10(15(18)19)7-9-21-14/h2-6,8,10,14H,7,9H2,1H3,(H,18,19)/t10-,14-/m0/s1. The first-order valence-electron chi connectivity index (χ1n) is 6.74. The highest BCUT2D eigenvalue weighted by Crippen LogP contribution is 2.36. The van der Waals surface area contributed by atoms with Crippen molar-refractivity contribution in [1.82, 2.24) is 9.78 Å².